The molecule has 1 aliphatic rings. The number of quaternary nitrogens is 1. The first-order valence-electron chi connectivity index (χ1n) is 9.79. The quantitative estimate of drug-likeness (QED) is 0.650. The van der Waals surface area contributed by atoms with Crippen LogP contribution in [0.5, 0.6) is 0 Å². The Balaban J connectivity index is 1.36. The number of likely N-dealkylation sites (tertiary alicyclic amines) is 1. The minimum atomic E-state index is -0.0838. The van der Waals surface area contributed by atoms with Crippen LogP contribution in [0, 0.1) is 0 Å². The number of benzene rings is 2. The number of thioether (sulfide) groups is 1. The summed E-state index contributed by atoms with van der Waals surface area (Å²) in [5.74, 6) is 1.26. The largest absolute Gasteiger partial charge is 0.440 e. The van der Waals surface area contributed by atoms with Gasteiger partial charge in [0.15, 0.2) is 17.5 Å². The zero-order valence-electron chi connectivity index (χ0n) is 16.3. The number of hydrogen-bond donors (Lipinski definition) is 2. The van der Waals surface area contributed by atoms with Crippen molar-refractivity contribution in [1.82, 2.24) is 4.98 Å². The highest BCUT2D eigenvalue weighted by atomic mass is 32.2. The second-order valence-corrected chi connectivity index (χ2v) is 8.21. The van der Waals surface area contributed by atoms with Crippen LogP contribution in [0.1, 0.15) is 31.6 Å². The van der Waals surface area contributed by atoms with E-state index in [2.05, 4.69) is 10.3 Å². The van der Waals surface area contributed by atoms with Crippen molar-refractivity contribution >= 4 is 34.5 Å². The molecular formula is C22H26N3O2S+. The van der Waals surface area contributed by atoms with E-state index in [0.29, 0.717) is 5.92 Å². The molecule has 1 aromatic heterocycles. The van der Waals surface area contributed by atoms with Gasteiger partial charge in [0.2, 0.25) is 0 Å². The SMILES string of the molecule is CSc1ccccc1NC(=O)[C@H](C)[NH+]1CCC(c2nc3ccccc3o2)CC1. The maximum Gasteiger partial charge on any atom is 0.282 e. The Hall–Kier alpha value is -2.31. The monoisotopic (exact) mass is 396 g/mol. The molecule has 5 nitrogen and oxygen atoms in total. The van der Waals surface area contributed by atoms with Crippen molar-refractivity contribution in [2.24, 2.45) is 0 Å². The third kappa shape index (κ3) is 3.93. The molecule has 28 heavy (non-hydrogen) atoms. The average Bonchev–Trinajstić information content (AvgIpc) is 3.18. The molecule has 2 aromatic carbocycles. The number of aromatic nitrogens is 1. The van der Waals surface area contributed by atoms with Crippen molar-refractivity contribution in [3.8, 4) is 0 Å². The van der Waals surface area contributed by atoms with E-state index in [1.165, 1.54) is 4.90 Å². The molecule has 2 heterocycles. The summed E-state index contributed by atoms with van der Waals surface area (Å²) in [5, 5.41) is 3.11. The molecule has 2 N–H and O–H groups in total. The number of rotatable bonds is 5. The highest BCUT2D eigenvalue weighted by molar-refractivity contribution is 7.98. The van der Waals surface area contributed by atoms with Gasteiger partial charge in [-0.25, -0.2) is 4.98 Å². The third-order valence-corrected chi connectivity index (χ3v) is 6.45. The van der Waals surface area contributed by atoms with Gasteiger partial charge in [-0.3, -0.25) is 4.79 Å². The number of amides is 1. The molecule has 0 saturated carbocycles. The topological polar surface area (TPSA) is 59.6 Å². The lowest BCUT2D eigenvalue weighted by atomic mass is 9.95. The van der Waals surface area contributed by atoms with Crippen LogP contribution in [0.3, 0.4) is 0 Å². The molecule has 3 aromatic rings. The van der Waals surface area contributed by atoms with Crippen LogP contribution in [-0.4, -0.2) is 36.3 Å². The number of carbonyl (C=O) groups is 1. The summed E-state index contributed by atoms with van der Waals surface area (Å²) in [7, 11) is 0. The smallest absolute Gasteiger partial charge is 0.282 e. The number of carbonyl (C=O) groups excluding carboxylic acids is 1. The lowest BCUT2D eigenvalue weighted by Gasteiger charge is -2.31. The number of fused-ring (bicyclic) bond motifs is 1. The maximum absolute atomic E-state index is 12.8. The van der Waals surface area contributed by atoms with Crippen LogP contribution in [-0.2, 0) is 4.79 Å². The number of nitrogens with zero attached hydrogens (tertiary/aromatic N) is 1. The number of nitrogens with one attached hydrogen (secondary N) is 2. The Labute approximate surface area is 169 Å². The summed E-state index contributed by atoms with van der Waals surface area (Å²) in [6, 6.07) is 15.8. The Morgan fingerprint density at radius 1 is 1.18 bits per heavy atom. The Bertz CT molecular complexity index is 930. The molecule has 1 aliphatic heterocycles. The highest BCUT2D eigenvalue weighted by Crippen LogP contribution is 2.27. The van der Waals surface area contributed by atoms with Gasteiger partial charge in [-0.1, -0.05) is 24.3 Å². The Morgan fingerprint density at radius 2 is 1.89 bits per heavy atom. The van der Waals surface area contributed by atoms with E-state index in [-0.39, 0.29) is 11.9 Å². The normalized spacial score (nSPS) is 20.8. The summed E-state index contributed by atoms with van der Waals surface area (Å²) in [6.45, 7) is 3.91. The van der Waals surface area contributed by atoms with Crippen LogP contribution in [0.25, 0.3) is 11.1 Å². The first-order chi connectivity index (χ1) is 13.7. The van der Waals surface area contributed by atoms with Crippen molar-refractivity contribution < 1.29 is 14.1 Å². The van der Waals surface area contributed by atoms with Gasteiger partial charge in [0, 0.05) is 23.7 Å². The van der Waals surface area contributed by atoms with E-state index in [1.54, 1.807) is 11.8 Å². The summed E-state index contributed by atoms with van der Waals surface area (Å²) in [4.78, 5) is 19.9. The standard InChI is InChI=1S/C22H25N3O2S/c1-15(21(26)23-18-8-4-6-10-20(18)28-2)25-13-11-16(12-14-25)22-24-17-7-3-5-9-19(17)27-22/h3-10,15-16H,11-14H2,1-2H3,(H,23,26)/p+1/t15-/m0/s1. The summed E-state index contributed by atoms with van der Waals surface area (Å²) >= 11 is 1.65. The van der Waals surface area contributed by atoms with Crippen molar-refractivity contribution in [3.05, 3.63) is 54.4 Å². The number of oxazole rings is 1. The molecule has 0 unspecified atom stereocenters. The maximum atomic E-state index is 12.8. The predicted molar refractivity (Wildman–Crippen MR) is 113 cm³/mol. The zero-order chi connectivity index (χ0) is 19.5. The molecule has 0 aliphatic carbocycles. The molecule has 1 saturated heterocycles. The summed E-state index contributed by atoms with van der Waals surface area (Å²) in [5.41, 5.74) is 2.67. The van der Waals surface area contributed by atoms with Gasteiger partial charge in [-0.15, -0.1) is 11.8 Å². The van der Waals surface area contributed by atoms with E-state index in [1.807, 2.05) is 61.7 Å². The number of anilines is 1. The summed E-state index contributed by atoms with van der Waals surface area (Å²) in [6.07, 6.45) is 4.00. The van der Waals surface area contributed by atoms with Gasteiger partial charge in [0.25, 0.3) is 5.91 Å². The van der Waals surface area contributed by atoms with Gasteiger partial charge >= 0.3 is 0 Å². The molecule has 0 bridgehead atoms. The van der Waals surface area contributed by atoms with E-state index in [0.717, 1.165) is 53.5 Å². The van der Waals surface area contributed by atoms with Crippen molar-refractivity contribution in [3.63, 3.8) is 0 Å². The molecule has 4 rings (SSSR count). The first kappa shape index (κ1) is 19.0. The van der Waals surface area contributed by atoms with Gasteiger partial charge in [-0.05, 0) is 37.4 Å². The molecular weight excluding hydrogens is 370 g/mol. The fourth-order valence-corrected chi connectivity index (χ4v) is 4.46. The number of para-hydroxylation sites is 3. The van der Waals surface area contributed by atoms with Crippen LogP contribution in [0.15, 0.2) is 57.8 Å². The van der Waals surface area contributed by atoms with Crippen molar-refractivity contribution in [1.29, 1.82) is 0 Å². The minimum absolute atomic E-state index is 0.0804. The lowest BCUT2D eigenvalue weighted by Crippen LogP contribution is -3.17. The van der Waals surface area contributed by atoms with E-state index in [9.17, 15) is 4.79 Å². The first-order valence-corrected chi connectivity index (χ1v) is 11.0. The van der Waals surface area contributed by atoms with E-state index < -0.39 is 0 Å². The molecule has 0 radical (unpaired) electrons. The number of hydrogen-bond acceptors (Lipinski definition) is 4. The second kappa shape index (κ2) is 8.37. The van der Waals surface area contributed by atoms with Crippen LogP contribution >= 0.6 is 11.8 Å². The van der Waals surface area contributed by atoms with Crippen molar-refractivity contribution in [2.45, 2.75) is 36.6 Å². The van der Waals surface area contributed by atoms with Gasteiger partial charge < -0.3 is 14.6 Å². The molecule has 0 spiro atoms. The Morgan fingerprint density at radius 3 is 2.64 bits per heavy atom. The van der Waals surface area contributed by atoms with Crippen molar-refractivity contribution in [2.75, 3.05) is 24.7 Å². The Kier molecular flexibility index (Phi) is 5.69. The average molecular weight is 397 g/mol. The molecule has 1 fully saturated rings. The summed E-state index contributed by atoms with van der Waals surface area (Å²) < 4.78 is 5.95. The van der Waals surface area contributed by atoms with Gasteiger partial charge in [-0.2, -0.15) is 0 Å². The van der Waals surface area contributed by atoms with Crippen LogP contribution in [0.2, 0.25) is 0 Å². The van der Waals surface area contributed by atoms with Gasteiger partial charge in [0.05, 0.1) is 18.8 Å². The predicted octanol–water partition coefficient (Wildman–Crippen LogP) is 3.34. The zero-order valence-corrected chi connectivity index (χ0v) is 17.1. The molecule has 6 heteroatoms. The fourth-order valence-electron chi connectivity index (χ4n) is 3.91. The molecule has 1 atom stereocenters. The molecule has 1 amide bonds. The van der Waals surface area contributed by atoms with Crippen LogP contribution < -0.4 is 10.2 Å². The minimum Gasteiger partial charge on any atom is -0.440 e. The van der Waals surface area contributed by atoms with E-state index >= 15 is 0 Å². The molecule has 146 valence electrons. The third-order valence-electron chi connectivity index (χ3n) is 5.66. The highest BCUT2D eigenvalue weighted by Gasteiger charge is 2.32. The van der Waals surface area contributed by atoms with Crippen LogP contribution in [0.4, 0.5) is 5.69 Å². The fraction of sp³-hybridized carbons (Fsp3) is 0.364. The second-order valence-electron chi connectivity index (χ2n) is 7.36. The lowest BCUT2D eigenvalue weighted by molar-refractivity contribution is -0.919. The van der Waals surface area contributed by atoms with E-state index in [4.69, 9.17) is 4.42 Å². The van der Waals surface area contributed by atoms with Gasteiger partial charge in [0.1, 0.15) is 5.52 Å². The number of piperidine rings is 1.